The minimum absolute atomic E-state index is 0.0234. The first kappa shape index (κ1) is 15.2. The van der Waals surface area contributed by atoms with E-state index in [1.807, 2.05) is 24.3 Å². The lowest BCUT2D eigenvalue weighted by Gasteiger charge is -2.10. The van der Waals surface area contributed by atoms with Gasteiger partial charge < -0.3 is 11.1 Å². The first-order valence-electron chi connectivity index (χ1n) is 7.27. The standard InChI is InChI=1S/C15H21N5O/c16-10-6-2-1-3-9-15(21)18-13-7-4-5-8-14(13)20-12-11-17-19-20/h4-5,7-8,11-12H,1-3,6,9-10,16H2,(H,18,21). The van der Waals surface area contributed by atoms with Gasteiger partial charge in [0.25, 0.3) is 0 Å². The van der Waals surface area contributed by atoms with Gasteiger partial charge in [-0.1, -0.05) is 30.2 Å². The van der Waals surface area contributed by atoms with Crippen LogP contribution in [-0.4, -0.2) is 27.4 Å². The maximum atomic E-state index is 12.0. The lowest BCUT2D eigenvalue weighted by Crippen LogP contribution is -2.13. The van der Waals surface area contributed by atoms with Crippen LogP contribution in [0.4, 0.5) is 5.69 Å². The maximum absolute atomic E-state index is 12.0. The van der Waals surface area contributed by atoms with E-state index in [2.05, 4.69) is 15.6 Å². The highest BCUT2D eigenvalue weighted by Crippen LogP contribution is 2.19. The number of benzene rings is 1. The molecular formula is C15H21N5O. The molecule has 21 heavy (non-hydrogen) atoms. The number of nitrogens with two attached hydrogens (primary N) is 1. The van der Waals surface area contributed by atoms with Crippen molar-refractivity contribution in [3.63, 3.8) is 0 Å². The minimum atomic E-state index is 0.0234. The first-order chi connectivity index (χ1) is 10.3. The van der Waals surface area contributed by atoms with Crippen LogP contribution in [0, 0.1) is 0 Å². The van der Waals surface area contributed by atoms with Gasteiger partial charge in [-0.25, -0.2) is 4.68 Å². The van der Waals surface area contributed by atoms with Crippen LogP contribution in [-0.2, 0) is 4.79 Å². The highest BCUT2D eigenvalue weighted by Gasteiger charge is 2.08. The second kappa shape index (κ2) is 8.16. The number of aromatic nitrogens is 3. The highest BCUT2D eigenvalue weighted by molar-refractivity contribution is 5.92. The van der Waals surface area contributed by atoms with Crippen LogP contribution < -0.4 is 11.1 Å². The van der Waals surface area contributed by atoms with Crippen LogP contribution in [0.1, 0.15) is 32.1 Å². The van der Waals surface area contributed by atoms with Crippen molar-refractivity contribution in [2.45, 2.75) is 32.1 Å². The number of hydrogen-bond donors (Lipinski definition) is 2. The zero-order valence-corrected chi connectivity index (χ0v) is 12.0. The van der Waals surface area contributed by atoms with Crippen molar-refractivity contribution in [1.82, 2.24) is 15.0 Å². The van der Waals surface area contributed by atoms with Crippen molar-refractivity contribution in [3.8, 4) is 5.69 Å². The molecular weight excluding hydrogens is 266 g/mol. The molecule has 1 aromatic heterocycles. The Labute approximate surface area is 124 Å². The average molecular weight is 287 g/mol. The molecule has 0 fully saturated rings. The Balaban J connectivity index is 1.89. The summed E-state index contributed by atoms with van der Waals surface area (Å²) < 4.78 is 1.64. The van der Waals surface area contributed by atoms with Gasteiger partial charge in [-0.2, -0.15) is 0 Å². The van der Waals surface area contributed by atoms with Gasteiger partial charge in [0.05, 0.1) is 23.8 Å². The second-order valence-corrected chi connectivity index (χ2v) is 4.87. The van der Waals surface area contributed by atoms with Crippen LogP contribution in [0.5, 0.6) is 0 Å². The molecule has 6 heteroatoms. The number of unbranched alkanes of at least 4 members (excludes halogenated alkanes) is 3. The van der Waals surface area contributed by atoms with E-state index in [4.69, 9.17) is 5.73 Å². The molecule has 1 heterocycles. The fourth-order valence-corrected chi connectivity index (χ4v) is 2.11. The van der Waals surface area contributed by atoms with Crippen molar-refractivity contribution in [3.05, 3.63) is 36.7 Å². The molecule has 2 aromatic rings. The molecule has 0 saturated heterocycles. The van der Waals surface area contributed by atoms with Crippen LogP contribution in [0.3, 0.4) is 0 Å². The summed E-state index contributed by atoms with van der Waals surface area (Å²) in [5.74, 6) is 0.0234. The largest absolute Gasteiger partial charge is 0.330 e. The molecule has 0 aliphatic rings. The summed E-state index contributed by atoms with van der Waals surface area (Å²) in [6.07, 6.45) is 7.91. The third-order valence-electron chi connectivity index (χ3n) is 3.21. The number of carbonyl (C=O) groups excluding carboxylic acids is 1. The van der Waals surface area contributed by atoms with Crippen LogP contribution >= 0.6 is 0 Å². The number of hydrogen-bond acceptors (Lipinski definition) is 4. The van der Waals surface area contributed by atoms with E-state index in [1.165, 1.54) is 0 Å². The van der Waals surface area contributed by atoms with Gasteiger partial charge in [-0.15, -0.1) is 5.10 Å². The Morgan fingerprint density at radius 2 is 2.00 bits per heavy atom. The minimum Gasteiger partial charge on any atom is -0.330 e. The van der Waals surface area contributed by atoms with Crippen molar-refractivity contribution in [2.24, 2.45) is 5.73 Å². The van der Waals surface area contributed by atoms with Gasteiger partial charge in [-0.3, -0.25) is 4.79 Å². The molecule has 1 aromatic carbocycles. The van der Waals surface area contributed by atoms with E-state index in [9.17, 15) is 4.79 Å². The molecule has 1 amide bonds. The Morgan fingerprint density at radius 1 is 1.19 bits per heavy atom. The van der Waals surface area contributed by atoms with Crippen LogP contribution in [0.25, 0.3) is 5.69 Å². The van der Waals surface area contributed by atoms with Gasteiger partial charge >= 0.3 is 0 Å². The third-order valence-corrected chi connectivity index (χ3v) is 3.21. The maximum Gasteiger partial charge on any atom is 0.224 e. The molecule has 0 aliphatic carbocycles. The highest BCUT2D eigenvalue weighted by atomic mass is 16.1. The van der Waals surface area contributed by atoms with Crippen molar-refractivity contribution in [1.29, 1.82) is 0 Å². The van der Waals surface area contributed by atoms with Gasteiger partial charge in [0.2, 0.25) is 5.91 Å². The van der Waals surface area contributed by atoms with E-state index in [0.717, 1.165) is 43.6 Å². The van der Waals surface area contributed by atoms with Crippen LogP contribution in [0.15, 0.2) is 36.7 Å². The molecule has 0 unspecified atom stereocenters. The Kier molecular flexibility index (Phi) is 5.90. The summed E-state index contributed by atoms with van der Waals surface area (Å²) in [7, 11) is 0. The Morgan fingerprint density at radius 3 is 2.76 bits per heavy atom. The smallest absolute Gasteiger partial charge is 0.224 e. The average Bonchev–Trinajstić information content (AvgIpc) is 3.02. The van der Waals surface area contributed by atoms with Crippen molar-refractivity contribution < 1.29 is 4.79 Å². The second-order valence-electron chi connectivity index (χ2n) is 4.87. The molecule has 3 N–H and O–H groups in total. The van der Waals surface area contributed by atoms with Gasteiger partial charge in [0.15, 0.2) is 0 Å². The summed E-state index contributed by atoms with van der Waals surface area (Å²) in [5.41, 5.74) is 7.00. The van der Waals surface area contributed by atoms with E-state index in [1.54, 1.807) is 17.1 Å². The lowest BCUT2D eigenvalue weighted by molar-refractivity contribution is -0.116. The number of para-hydroxylation sites is 2. The quantitative estimate of drug-likeness (QED) is 0.728. The number of nitrogens with one attached hydrogen (secondary N) is 1. The predicted octanol–water partition coefficient (Wildman–Crippen LogP) is 2.12. The topological polar surface area (TPSA) is 85.8 Å². The molecule has 0 spiro atoms. The Bertz CT molecular complexity index is 553. The molecule has 0 saturated carbocycles. The third kappa shape index (κ3) is 4.68. The van der Waals surface area contributed by atoms with Gasteiger partial charge in [-0.05, 0) is 31.5 Å². The molecule has 2 rings (SSSR count). The number of nitrogens with zero attached hydrogens (tertiary/aromatic N) is 3. The molecule has 0 bridgehead atoms. The monoisotopic (exact) mass is 287 g/mol. The van der Waals surface area contributed by atoms with Crippen molar-refractivity contribution in [2.75, 3.05) is 11.9 Å². The normalized spacial score (nSPS) is 10.5. The van der Waals surface area contributed by atoms with Crippen molar-refractivity contribution >= 4 is 11.6 Å². The summed E-state index contributed by atoms with van der Waals surface area (Å²) in [4.78, 5) is 12.0. The fourth-order valence-electron chi connectivity index (χ4n) is 2.11. The number of amides is 1. The van der Waals surface area contributed by atoms with Gasteiger partial charge in [0, 0.05) is 6.42 Å². The Hall–Kier alpha value is -2.21. The zero-order chi connectivity index (χ0) is 14.9. The number of carbonyl (C=O) groups is 1. The summed E-state index contributed by atoms with van der Waals surface area (Å²) in [5, 5.41) is 10.7. The van der Waals surface area contributed by atoms with Gasteiger partial charge in [0.1, 0.15) is 0 Å². The summed E-state index contributed by atoms with van der Waals surface area (Å²) in [6.45, 7) is 0.720. The van der Waals surface area contributed by atoms with E-state index < -0.39 is 0 Å². The first-order valence-corrected chi connectivity index (χ1v) is 7.27. The van der Waals surface area contributed by atoms with E-state index in [0.29, 0.717) is 6.42 Å². The molecule has 0 aliphatic heterocycles. The molecule has 112 valence electrons. The number of rotatable bonds is 8. The zero-order valence-electron chi connectivity index (χ0n) is 12.0. The summed E-state index contributed by atoms with van der Waals surface area (Å²) >= 11 is 0. The molecule has 6 nitrogen and oxygen atoms in total. The lowest BCUT2D eigenvalue weighted by atomic mass is 10.1. The van der Waals surface area contributed by atoms with E-state index >= 15 is 0 Å². The molecule has 0 radical (unpaired) electrons. The number of anilines is 1. The summed E-state index contributed by atoms with van der Waals surface area (Å²) in [6, 6.07) is 7.55. The molecule has 0 atom stereocenters. The van der Waals surface area contributed by atoms with E-state index in [-0.39, 0.29) is 5.91 Å². The predicted molar refractivity (Wildman–Crippen MR) is 82.1 cm³/mol. The fraction of sp³-hybridized carbons (Fsp3) is 0.400. The van der Waals surface area contributed by atoms with Crippen LogP contribution in [0.2, 0.25) is 0 Å². The SMILES string of the molecule is NCCCCCCC(=O)Nc1ccccc1-n1ccnn1.